The average Bonchev–Trinajstić information content (AvgIpc) is 2.29. The molecule has 0 saturated carbocycles. The Hall–Kier alpha value is -1.78. The summed E-state index contributed by atoms with van der Waals surface area (Å²) < 4.78 is 5.13. The van der Waals surface area contributed by atoms with Crippen molar-refractivity contribution in [2.45, 2.75) is 6.42 Å². The van der Waals surface area contributed by atoms with E-state index in [-0.39, 0.29) is 5.91 Å². The van der Waals surface area contributed by atoms with Gasteiger partial charge in [-0.25, -0.2) is 4.98 Å². The number of nitrogens with one attached hydrogen (secondary N) is 1. The van der Waals surface area contributed by atoms with Crippen molar-refractivity contribution >= 4 is 11.7 Å². The highest BCUT2D eigenvalue weighted by atomic mass is 16.5. The predicted octanol–water partition coefficient (Wildman–Crippen LogP) is 0.980. The van der Waals surface area contributed by atoms with E-state index < -0.39 is 0 Å². The number of aromatic nitrogens is 1. The molecule has 0 aliphatic carbocycles. The zero-order valence-corrected chi connectivity index (χ0v) is 9.86. The van der Waals surface area contributed by atoms with E-state index in [2.05, 4.69) is 10.3 Å². The van der Waals surface area contributed by atoms with E-state index in [9.17, 15) is 4.79 Å². The second-order valence-electron chi connectivity index (χ2n) is 3.52. The van der Waals surface area contributed by atoms with Gasteiger partial charge >= 0.3 is 0 Å². The first kappa shape index (κ1) is 12.3. The Kier molecular flexibility index (Phi) is 4.57. The SMILES string of the molecule is COc1cccnc1NCCC(=O)N(C)C. The van der Waals surface area contributed by atoms with Crippen LogP contribution in [-0.2, 0) is 4.79 Å². The normalized spacial score (nSPS) is 9.69. The zero-order chi connectivity index (χ0) is 12.0. The van der Waals surface area contributed by atoms with Crippen molar-refractivity contribution in [2.75, 3.05) is 33.1 Å². The number of carbonyl (C=O) groups is 1. The molecule has 0 aliphatic rings. The molecule has 0 saturated heterocycles. The van der Waals surface area contributed by atoms with Gasteiger partial charge in [-0.1, -0.05) is 0 Å². The molecule has 0 aromatic carbocycles. The van der Waals surface area contributed by atoms with Gasteiger partial charge in [-0.3, -0.25) is 4.79 Å². The number of methoxy groups -OCH3 is 1. The van der Waals surface area contributed by atoms with Crippen LogP contribution in [0.1, 0.15) is 6.42 Å². The molecule has 0 spiro atoms. The van der Waals surface area contributed by atoms with Gasteiger partial charge in [-0.05, 0) is 12.1 Å². The number of ether oxygens (including phenoxy) is 1. The molecule has 5 nitrogen and oxygen atoms in total. The van der Waals surface area contributed by atoms with Gasteiger partial charge < -0.3 is 15.0 Å². The molecule has 0 fully saturated rings. The third kappa shape index (κ3) is 3.42. The topological polar surface area (TPSA) is 54.5 Å². The standard InChI is InChI=1S/C11H17N3O2/c1-14(2)10(15)6-8-13-11-9(16-3)5-4-7-12-11/h4-5,7H,6,8H2,1-3H3,(H,12,13). The fourth-order valence-electron chi connectivity index (χ4n) is 1.20. The summed E-state index contributed by atoms with van der Waals surface area (Å²) in [6, 6.07) is 3.62. The lowest BCUT2D eigenvalue weighted by Gasteiger charge is -2.12. The van der Waals surface area contributed by atoms with E-state index >= 15 is 0 Å². The molecule has 1 aromatic rings. The lowest BCUT2D eigenvalue weighted by Crippen LogP contribution is -2.24. The molecule has 5 heteroatoms. The summed E-state index contributed by atoms with van der Waals surface area (Å²) >= 11 is 0. The van der Waals surface area contributed by atoms with E-state index in [0.29, 0.717) is 24.5 Å². The molecule has 1 heterocycles. The monoisotopic (exact) mass is 223 g/mol. The quantitative estimate of drug-likeness (QED) is 0.808. The van der Waals surface area contributed by atoms with Crippen molar-refractivity contribution in [3.8, 4) is 5.75 Å². The average molecular weight is 223 g/mol. The van der Waals surface area contributed by atoms with Gasteiger partial charge in [-0.15, -0.1) is 0 Å². The minimum Gasteiger partial charge on any atom is -0.493 e. The number of carbonyl (C=O) groups excluding carboxylic acids is 1. The predicted molar refractivity (Wildman–Crippen MR) is 62.6 cm³/mol. The maximum Gasteiger partial charge on any atom is 0.223 e. The zero-order valence-electron chi connectivity index (χ0n) is 9.86. The summed E-state index contributed by atoms with van der Waals surface area (Å²) in [7, 11) is 5.07. The van der Waals surface area contributed by atoms with Gasteiger partial charge in [0.15, 0.2) is 11.6 Å². The van der Waals surface area contributed by atoms with Crippen LogP contribution in [-0.4, -0.2) is 43.5 Å². The second kappa shape index (κ2) is 5.95. The molecule has 88 valence electrons. The van der Waals surface area contributed by atoms with Gasteiger partial charge in [-0.2, -0.15) is 0 Å². The molecular formula is C11H17N3O2. The summed E-state index contributed by atoms with van der Waals surface area (Å²) in [5.41, 5.74) is 0. The Balaban J connectivity index is 2.45. The van der Waals surface area contributed by atoms with Gasteiger partial charge in [0.25, 0.3) is 0 Å². The number of anilines is 1. The van der Waals surface area contributed by atoms with Crippen molar-refractivity contribution < 1.29 is 9.53 Å². The minimum absolute atomic E-state index is 0.0856. The minimum atomic E-state index is 0.0856. The number of rotatable bonds is 5. The molecule has 1 N–H and O–H groups in total. The fourth-order valence-corrected chi connectivity index (χ4v) is 1.20. The van der Waals surface area contributed by atoms with Gasteiger partial charge in [0.05, 0.1) is 7.11 Å². The van der Waals surface area contributed by atoms with Gasteiger partial charge in [0.1, 0.15) is 0 Å². The highest BCUT2D eigenvalue weighted by molar-refractivity contribution is 5.76. The fraction of sp³-hybridized carbons (Fsp3) is 0.455. The Morgan fingerprint density at radius 2 is 2.31 bits per heavy atom. The summed E-state index contributed by atoms with van der Waals surface area (Å²) in [5.74, 6) is 1.43. The molecule has 1 aromatic heterocycles. The van der Waals surface area contributed by atoms with Crippen LogP contribution < -0.4 is 10.1 Å². The number of hydrogen-bond donors (Lipinski definition) is 1. The van der Waals surface area contributed by atoms with E-state index in [1.807, 2.05) is 6.07 Å². The number of amides is 1. The Morgan fingerprint density at radius 3 is 2.94 bits per heavy atom. The van der Waals surface area contributed by atoms with Crippen LogP contribution >= 0.6 is 0 Å². The molecule has 1 rings (SSSR count). The van der Waals surface area contributed by atoms with Crippen LogP contribution in [0.15, 0.2) is 18.3 Å². The summed E-state index contributed by atoms with van der Waals surface area (Å²) in [6.45, 7) is 0.546. The van der Waals surface area contributed by atoms with Crippen LogP contribution in [0.4, 0.5) is 5.82 Å². The first-order valence-electron chi connectivity index (χ1n) is 5.08. The molecule has 1 amide bonds. The molecule has 0 unspecified atom stereocenters. The molecule has 16 heavy (non-hydrogen) atoms. The van der Waals surface area contributed by atoms with E-state index in [4.69, 9.17) is 4.74 Å². The van der Waals surface area contributed by atoms with Crippen LogP contribution in [0, 0.1) is 0 Å². The first-order valence-corrected chi connectivity index (χ1v) is 5.08. The Labute approximate surface area is 95.4 Å². The molecule has 0 bridgehead atoms. The largest absolute Gasteiger partial charge is 0.493 e. The number of nitrogens with zero attached hydrogens (tertiary/aromatic N) is 2. The third-order valence-corrected chi connectivity index (χ3v) is 2.12. The summed E-state index contributed by atoms with van der Waals surface area (Å²) in [6.07, 6.45) is 2.12. The molecule has 0 radical (unpaired) electrons. The van der Waals surface area contributed by atoms with Crippen LogP contribution in [0.25, 0.3) is 0 Å². The van der Waals surface area contributed by atoms with Crippen molar-refractivity contribution in [1.29, 1.82) is 0 Å². The second-order valence-corrected chi connectivity index (χ2v) is 3.52. The lowest BCUT2D eigenvalue weighted by molar-refractivity contribution is -0.128. The third-order valence-electron chi connectivity index (χ3n) is 2.12. The lowest BCUT2D eigenvalue weighted by atomic mass is 10.3. The summed E-state index contributed by atoms with van der Waals surface area (Å²) in [4.78, 5) is 17.0. The first-order chi connectivity index (χ1) is 7.65. The highest BCUT2D eigenvalue weighted by Gasteiger charge is 2.05. The maximum atomic E-state index is 11.3. The number of pyridine rings is 1. The van der Waals surface area contributed by atoms with Crippen molar-refractivity contribution in [2.24, 2.45) is 0 Å². The van der Waals surface area contributed by atoms with Crippen LogP contribution in [0.2, 0.25) is 0 Å². The van der Waals surface area contributed by atoms with Crippen molar-refractivity contribution in [3.63, 3.8) is 0 Å². The molecule has 0 atom stereocenters. The highest BCUT2D eigenvalue weighted by Crippen LogP contribution is 2.19. The summed E-state index contributed by atoms with van der Waals surface area (Å²) in [5, 5.41) is 3.07. The van der Waals surface area contributed by atoms with Crippen molar-refractivity contribution in [3.05, 3.63) is 18.3 Å². The van der Waals surface area contributed by atoms with Gasteiger partial charge in [0, 0.05) is 33.3 Å². The maximum absolute atomic E-state index is 11.3. The van der Waals surface area contributed by atoms with Crippen molar-refractivity contribution in [1.82, 2.24) is 9.88 Å². The van der Waals surface area contributed by atoms with E-state index in [1.165, 1.54) is 0 Å². The van der Waals surface area contributed by atoms with Gasteiger partial charge in [0.2, 0.25) is 5.91 Å². The Bertz CT molecular complexity index is 353. The van der Waals surface area contributed by atoms with Crippen LogP contribution in [0.5, 0.6) is 5.75 Å². The van der Waals surface area contributed by atoms with E-state index in [1.54, 1.807) is 38.4 Å². The van der Waals surface area contributed by atoms with Crippen LogP contribution in [0.3, 0.4) is 0 Å². The molecular weight excluding hydrogens is 206 g/mol. The smallest absolute Gasteiger partial charge is 0.223 e. The molecule has 0 aliphatic heterocycles. The Morgan fingerprint density at radius 1 is 1.56 bits per heavy atom. The number of hydrogen-bond acceptors (Lipinski definition) is 4. The van der Waals surface area contributed by atoms with E-state index in [0.717, 1.165) is 0 Å².